The van der Waals surface area contributed by atoms with E-state index in [4.69, 9.17) is 4.42 Å². The van der Waals surface area contributed by atoms with Crippen LogP contribution < -0.4 is 0 Å². The summed E-state index contributed by atoms with van der Waals surface area (Å²) in [7, 11) is 0. The molecule has 1 fully saturated rings. The van der Waals surface area contributed by atoms with Gasteiger partial charge in [-0.25, -0.2) is 4.98 Å². The Morgan fingerprint density at radius 1 is 1.17 bits per heavy atom. The number of carbonyl (C=O) groups is 1. The van der Waals surface area contributed by atoms with Crippen LogP contribution in [0.4, 0.5) is 13.2 Å². The van der Waals surface area contributed by atoms with Crippen LogP contribution in [0.3, 0.4) is 0 Å². The minimum absolute atomic E-state index is 0.161. The number of amides is 1. The van der Waals surface area contributed by atoms with Gasteiger partial charge in [0.2, 0.25) is 0 Å². The summed E-state index contributed by atoms with van der Waals surface area (Å²) < 4.78 is 43.2. The van der Waals surface area contributed by atoms with Gasteiger partial charge in [-0.2, -0.15) is 13.2 Å². The van der Waals surface area contributed by atoms with Crippen LogP contribution in [0.25, 0.3) is 10.8 Å². The molecule has 0 saturated carbocycles. The number of hydrogen-bond acceptors (Lipinski definition) is 6. The fourth-order valence-electron chi connectivity index (χ4n) is 3.10. The molecule has 0 unspecified atom stereocenters. The third-order valence-corrected chi connectivity index (χ3v) is 5.54. The normalized spacial score (nSPS) is 15.6. The molecule has 6 nitrogen and oxygen atoms in total. The van der Waals surface area contributed by atoms with Crippen molar-refractivity contribution < 1.29 is 22.4 Å². The third-order valence-electron chi connectivity index (χ3n) is 4.63. The van der Waals surface area contributed by atoms with Crippen LogP contribution in [0.1, 0.15) is 21.7 Å². The van der Waals surface area contributed by atoms with Crippen molar-refractivity contribution in [1.29, 1.82) is 0 Å². The Balaban J connectivity index is 1.31. The molecule has 1 amide bonds. The van der Waals surface area contributed by atoms with E-state index in [-0.39, 0.29) is 11.5 Å². The van der Waals surface area contributed by atoms with Crippen molar-refractivity contribution in [3.63, 3.8) is 0 Å². The predicted octanol–water partition coefficient (Wildman–Crippen LogP) is 3.77. The summed E-state index contributed by atoms with van der Waals surface area (Å²) in [6.07, 6.45) is -1.92. The number of rotatable bonds is 4. The first-order valence-corrected chi connectivity index (χ1v) is 9.81. The summed E-state index contributed by atoms with van der Waals surface area (Å²) in [6.45, 7) is 2.98. The van der Waals surface area contributed by atoms with Gasteiger partial charge in [-0.15, -0.1) is 11.3 Å². The summed E-state index contributed by atoms with van der Waals surface area (Å²) >= 11 is 1.52. The fourth-order valence-corrected chi connectivity index (χ4v) is 3.88. The van der Waals surface area contributed by atoms with Gasteiger partial charge in [0, 0.05) is 44.3 Å². The van der Waals surface area contributed by atoms with E-state index in [0.717, 1.165) is 28.7 Å². The average Bonchev–Trinajstić information content (AvgIpc) is 3.39. The lowest BCUT2D eigenvalue weighted by molar-refractivity contribution is -0.141. The van der Waals surface area contributed by atoms with Crippen molar-refractivity contribution in [2.75, 3.05) is 26.2 Å². The van der Waals surface area contributed by atoms with Gasteiger partial charge >= 0.3 is 6.18 Å². The molecule has 0 spiro atoms. The van der Waals surface area contributed by atoms with Crippen molar-refractivity contribution in [3.8, 4) is 10.8 Å². The van der Waals surface area contributed by atoms with Gasteiger partial charge in [0.15, 0.2) is 10.8 Å². The van der Waals surface area contributed by atoms with Gasteiger partial charge in [0.1, 0.15) is 5.69 Å². The molecule has 0 aliphatic carbocycles. The van der Waals surface area contributed by atoms with E-state index in [9.17, 15) is 18.0 Å². The average molecular weight is 422 g/mol. The van der Waals surface area contributed by atoms with Crippen LogP contribution in [0.15, 0.2) is 46.5 Å². The van der Waals surface area contributed by atoms with Crippen LogP contribution in [0, 0.1) is 0 Å². The van der Waals surface area contributed by atoms with E-state index >= 15 is 0 Å². The third kappa shape index (κ3) is 4.48. The molecule has 0 radical (unpaired) electrons. The highest BCUT2D eigenvalue weighted by Gasteiger charge is 2.32. The van der Waals surface area contributed by atoms with E-state index in [0.29, 0.717) is 32.7 Å². The largest absolute Gasteiger partial charge is 0.462 e. The van der Waals surface area contributed by atoms with Crippen LogP contribution in [0.5, 0.6) is 0 Å². The van der Waals surface area contributed by atoms with Gasteiger partial charge in [-0.05, 0) is 24.3 Å². The summed E-state index contributed by atoms with van der Waals surface area (Å²) in [6, 6.07) is 5.69. The second-order valence-corrected chi connectivity index (χ2v) is 7.48. The summed E-state index contributed by atoms with van der Waals surface area (Å²) in [4.78, 5) is 24.3. The van der Waals surface area contributed by atoms with Crippen molar-refractivity contribution in [2.45, 2.75) is 12.7 Å². The Kier molecular flexibility index (Phi) is 5.37. The van der Waals surface area contributed by atoms with Gasteiger partial charge in [-0.3, -0.25) is 14.7 Å². The highest BCUT2D eigenvalue weighted by Crippen LogP contribution is 2.27. The van der Waals surface area contributed by atoms with E-state index < -0.39 is 11.9 Å². The Bertz CT molecular complexity index is 962. The maximum Gasteiger partial charge on any atom is 0.433 e. The van der Waals surface area contributed by atoms with Crippen LogP contribution in [-0.2, 0) is 12.7 Å². The zero-order valence-corrected chi connectivity index (χ0v) is 16.0. The monoisotopic (exact) mass is 422 g/mol. The molecule has 0 N–H and O–H groups in total. The van der Waals surface area contributed by atoms with Gasteiger partial charge < -0.3 is 9.32 Å². The minimum Gasteiger partial charge on any atom is -0.462 e. The molecule has 3 aromatic heterocycles. The number of furan rings is 1. The lowest BCUT2D eigenvalue weighted by Gasteiger charge is -2.34. The van der Waals surface area contributed by atoms with Crippen LogP contribution in [-0.4, -0.2) is 51.9 Å². The zero-order valence-electron chi connectivity index (χ0n) is 15.2. The molecule has 1 aliphatic heterocycles. The number of aromatic nitrogens is 2. The number of halogens is 3. The van der Waals surface area contributed by atoms with Crippen LogP contribution >= 0.6 is 11.3 Å². The number of piperazine rings is 1. The van der Waals surface area contributed by atoms with Crippen molar-refractivity contribution >= 4 is 17.2 Å². The quantitative estimate of drug-likeness (QED) is 0.641. The minimum atomic E-state index is -4.51. The van der Waals surface area contributed by atoms with Crippen LogP contribution in [0.2, 0.25) is 0 Å². The number of nitrogens with zero attached hydrogens (tertiary/aromatic N) is 4. The molecular formula is C19H17F3N4O2S. The van der Waals surface area contributed by atoms with E-state index in [2.05, 4.69) is 14.9 Å². The fraction of sp³-hybridized carbons (Fsp3) is 0.316. The van der Waals surface area contributed by atoms with E-state index in [1.165, 1.54) is 17.4 Å². The highest BCUT2D eigenvalue weighted by molar-refractivity contribution is 7.13. The van der Waals surface area contributed by atoms with Gasteiger partial charge in [0.05, 0.1) is 17.5 Å². The van der Waals surface area contributed by atoms with E-state index in [1.54, 1.807) is 11.2 Å². The number of carbonyl (C=O) groups excluding carboxylic acids is 1. The molecule has 0 aromatic carbocycles. The smallest absolute Gasteiger partial charge is 0.433 e. The first kappa shape index (κ1) is 19.6. The number of pyridine rings is 1. The number of hydrogen-bond donors (Lipinski definition) is 0. The topological polar surface area (TPSA) is 62.5 Å². The number of thiazole rings is 1. The molecule has 3 aromatic rings. The van der Waals surface area contributed by atoms with Crippen molar-refractivity contribution in [1.82, 2.24) is 19.8 Å². The Hall–Kier alpha value is -2.72. The standard InChI is InChI=1S/C19H17F3N4O2S/c20-19(21,22)16-4-3-13(10-23-16)18(27)26-7-5-25(6-8-26)11-14-12-29-17(24-14)15-2-1-9-28-15/h1-4,9-10,12H,5-8,11H2. The van der Waals surface area contributed by atoms with E-state index in [1.807, 2.05) is 17.5 Å². The maximum absolute atomic E-state index is 12.6. The van der Waals surface area contributed by atoms with Gasteiger partial charge in [-0.1, -0.05) is 0 Å². The zero-order chi connectivity index (χ0) is 20.4. The lowest BCUT2D eigenvalue weighted by Crippen LogP contribution is -2.48. The molecule has 29 heavy (non-hydrogen) atoms. The Labute approximate surface area is 168 Å². The molecule has 1 aliphatic rings. The molecule has 4 heterocycles. The molecular weight excluding hydrogens is 405 g/mol. The second-order valence-electron chi connectivity index (χ2n) is 6.62. The molecule has 10 heteroatoms. The molecule has 4 rings (SSSR count). The molecule has 0 bridgehead atoms. The molecule has 1 saturated heterocycles. The Morgan fingerprint density at radius 2 is 1.97 bits per heavy atom. The van der Waals surface area contributed by atoms with Crippen molar-refractivity contribution in [2.24, 2.45) is 0 Å². The molecule has 152 valence electrons. The summed E-state index contributed by atoms with van der Waals surface area (Å²) in [5.41, 5.74) is 0.0956. The number of alkyl halides is 3. The van der Waals surface area contributed by atoms with Gasteiger partial charge in [0.25, 0.3) is 5.91 Å². The first-order valence-electron chi connectivity index (χ1n) is 8.93. The van der Waals surface area contributed by atoms with Crippen molar-refractivity contribution in [3.05, 3.63) is 59.1 Å². The summed E-state index contributed by atoms with van der Waals surface area (Å²) in [5, 5.41) is 2.82. The summed E-state index contributed by atoms with van der Waals surface area (Å²) in [5.74, 6) is 0.432. The maximum atomic E-state index is 12.6. The molecule has 0 atom stereocenters. The highest BCUT2D eigenvalue weighted by atomic mass is 32.1. The first-order chi connectivity index (χ1) is 13.9. The predicted molar refractivity (Wildman–Crippen MR) is 100 cm³/mol. The lowest BCUT2D eigenvalue weighted by atomic mass is 10.2. The SMILES string of the molecule is O=C(c1ccc(C(F)(F)F)nc1)N1CCN(Cc2csc(-c3ccco3)n2)CC1. The second kappa shape index (κ2) is 7.96. The Morgan fingerprint density at radius 3 is 2.59 bits per heavy atom.